The van der Waals surface area contributed by atoms with Crippen LogP contribution in [0.5, 0.6) is 0 Å². The molecule has 1 aliphatic carbocycles. The van der Waals surface area contributed by atoms with Crippen molar-refractivity contribution in [2.45, 2.75) is 50.5 Å². The minimum Gasteiger partial charge on any atom is -0.368 e. The van der Waals surface area contributed by atoms with Gasteiger partial charge in [0.2, 0.25) is 11.7 Å². The Morgan fingerprint density at radius 1 is 1.28 bits per heavy atom. The minimum atomic E-state index is -3.17. The maximum absolute atomic E-state index is 14.3. The van der Waals surface area contributed by atoms with Gasteiger partial charge in [0.1, 0.15) is 17.5 Å². The largest absolute Gasteiger partial charge is 0.368 e. The van der Waals surface area contributed by atoms with Gasteiger partial charge < -0.3 is 20.4 Å². The summed E-state index contributed by atoms with van der Waals surface area (Å²) in [5.74, 6) is -2.65. The van der Waals surface area contributed by atoms with Gasteiger partial charge in [0.05, 0.1) is 5.69 Å². The van der Waals surface area contributed by atoms with Gasteiger partial charge in [0.15, 0.2) is 0 Å². The highest BCUT2D eigenvalue weighted by atomic mass is 19.3. The predicted molar refractivity (Wildman–Crippen MR) is 118 cm³/mol. The van der Waals surface area contributed by atoms with Crippen LogP contribution in [-0.2, 0) is 16.1 Å². The van der Waals surface area contributed by atoms with Gasteiger partial charge in [-0.15, -0.1) is 0 Å². The highest BCUT2D eigenvalue weighted by Crippen LogP contribution is 2.58. The number of aromatic nitrogens is 3. The number of rotatable bonds is 6. The van der Waals surface area contributed by atoms with Gasteiger partial charge in [-0.25, -0.2) is 15.0 Å². The summed E-state index contributed by atoms with van der Waals surface area (Å²) >= 11 is 0. The number of pyridine rings is 1. The summed E-state index contributed by atoms with van der Waals surface area (Å²) in [6, 6.07) is 3.90. The van der Waals surface area contributed by atoms with Crippen molar-refractivity contribution in [3.05, 3.63) is 29.7 Å². The van der Waals surface area contributed by atoms with Crippen molar-refractivity contribution in [3.8, 4) is 0 Å². The summed E-state index contributed by atoms with van der Waals surface area (Å²) in [4.78, 5) is 28.4. The number of halogens is 2. The highest BCUT2D eigenvalue weighted by Gasteiger charge is 2.53. The minimum absolute atomic E-state index is 0.0286. The molecule has 2 aromatic rings. The number of carbonyl (C=O) groups is 1. The average molecular weight is 444 g/mol. The number of nitrogens with zero attached hydrogens (tertiary/aromatic N) is 5. The molecule has 0 aromatic carbocycles. The molecule has 2 N–H and O–H groups in total. The molecule has 1 spiro atoms. The molecule has 5 rings (SSSR count). The summed E-state index contributed by atoms with van der Waals surface area (Å²) in [7, 11) is 2.05. The second-order valence-corrected chi connectivity index (χ2v) is 9.26. The van der Waals surface area contributed by atoms with Crippen molar-refractivity contribution in [1.82, 2.24) is 19.9 Å². The van der Waals surface area contributed by atoms with E-state index in [0.29, 0.717) is 36.6 Å². The van der Waals surface area contributed by atoms with E-state index >= 15 is 0 Å². The van der Waals surface area contributed by atoms with Gasteiger partial charge >= 0.3 is 5.92 Å². The number of fused-ring (bicyclic) bond motifs is 2. The first-order valence-electron chi connectivity index (χ1n) is 10.9. The Hall–Kier alpha value is -2.88. The highest BCUT2D eigenvalue weighted by molar-refractivity contribution is 5.89. The smallest absolute Gasteiger partial charge is 0.303 e. The molecule has 32 heavy (non-hydrogen) atoms. The van der Waals surface area contributed by atoms with Crippen LogP contribution in [0.15, 0.2) is 18.3 Å². The van der Waals surface area contributed by atoms with Crippen LogP contribution in [-0.4, -0.2) is 58.5 Å². The van der Waals surface area contributed by atoms with Gasteiger partial charge in [-0.05, 0) is 32.9 Å². The number of carbonyl (C=O) groups excluding carboxylic acids is 1. The lowest BCUT2D eigenvalue weighted by molar-refractivity contribution is -0.114. The fourth-order valence-electron chi connectivity index (χ4n) is 4.49. The van der Waals surface area contributed by atoms with E-state index in [4.69, 9.17) is 0 Å². The molecular formula is C22H27F2N7O. The van der Waals surface area contributed by atoms with Crippen LogP contribution in [0.2, 0.25) is 0 Å². The Bertz CT molecular complexity index is 1070. The molecule has 10 heteroatoms. The summed E-state index contributed by atoms with van der Waals surface area (Å²) in [5, 5.41) is 5.93. The number of amides is 1. The number of hydrogen-bond donors (Lipinski definition) is 2. The van der Waals surface area contributed by atoms with Gasteiger partial charge in [-0.1, -0.05) is 0 Å². The van der Waals surface area contributed by atoms with Crippen LogP contribution in [0.25, 0.3) is 0 Å². The van der Waals surface area contributed by atoms with Gasteiger partial charge in [-0.2, -0.15) is 8.78 Å². The molecule has 1 amide bonds. The second-order valence-electron chi connectivity index (χ2n) is 9.26. The lowest BCUT2D eigenvalue weighted by Gasteiger charge is -2.38. The van der Waals surface area contributed by atoms with Crippen LogP contribution in [0.4, 0.5) is 31.9 Å². The van der Waals surface area contributed by atoms with Gasteiger partial charge in [0, 0.05) is 62.3 Å². The van der Waals surface area contributed by atoms with Crippen LogP contribution >= 0.6 is 0 Å². The Morgan fingerprint density at radius 2 is 2.06 bits per heavy atom. The van der Waals surface area contributed by atoms with Crippen LogP contribution in [0, 0.1) is 0 Å². The molecule has 1 saturated carbocycles. The lowest BCUT2D eigenvalue weighted by atomic mass is 10.0. The quantitative estimate of drug-likeness (QED) is 0.709. The van der Waals surface area contributed by atoms with E-state index in [2.05, 4.69) is 30.5 Å². The molecule has 1 saturated heterocycles. The molecule has 8 nitrogen and oxygen atoms in total. The summed E-state index contributed by atoms with van der Waals surface area (Å²) < 4.78 is 28.5. The maximum Gasteiger partial charge on any atom is 0.303 e. The lowest BCUT2D eigenvalue weighted by Crippen LogP contribution is -2.48. The Morgan fingerprint density at radius 3 is 2.66 bits per heavy atom. The Balaban J connectivity index is 1.51. The Kier molecular flexibility index (Phi) is 4.81. The maximum atomic E-state index is 14.3. The van der Waals surface area contributed by atoms with Crippen LogP contribution in [0.3, 0.4) is 0 Å². The van der Waals surface area contributed by atoms with E-state index in [-0.39, 0.29) is 11.3 Å². The first kappa shape index (κ1) is 21.0. The van der Waals surface area contributed by atoms with E-state index in [1.165, 1.54) is 6.92 Å². The van der Waals surface area contributed by atoms with Gasteiger partial charge in [0.25, 0.3) is 0 Å². The van der Waals surface area contributed by atoms with Crippen molar-refractivity contribution < 1.29 is 13.6 Å². The van der Waals surface area contributed by atoms with Crippen molar-refractivity contribution in [3.63, 3.8) is 0 Å². The number of hydrogen-bond acceptors (Lipinski definition) is 7. The van der Waals surface area contributed by atoms with Crippen molar-refractivity contribution >= 4 is 29.0 Å². The first-order valence-corrected chi connectivity index (χ1v) is 10.9. The number of anilines is 4. The first-order chi connectivity index (χ1) is 15.1. The van der Waals surface area contributed by atoms with E-state index in [1.54, 1.807) is 18.3 Å². The molecule has 0 bridgehead atoms. The van der Waals surface area contributed by atoms with Gasteiger partial charge in [-0.3, -0.25) is 4.79 Å². The predicted octanol–water partition coefficient (Wildman–Crippen LogP) is 3.24. The number of likely N-dealkylation sites (N-methyl/N-ethyl adjacent to an activating group) is 1. The van der Waals surface area contributed by atoms with E-state index in [9.17, 15) is 13.6 Å². The SMILES string of the molecule is CC(=O)Nc1cc2c(cn1)C1(CC1)CN2c1cc(NCC2CCN2C)nc(C(C)(F)F)n1. The van der Waals surface area contributed by atoms with Crippen molar-refractivity contribution in [2.24, 2.45) is 0 Å². The van der Waals surface area contributed by atoms with Crippen LogP contribution in [0.1, 0.15) is 44.5 Å². The zero-order chi connectivity index (χ0) is 22.7. The van der Waals surface area contributed by atoms with E-state index in [1.807, 2.05) is 11.9 Å². The molecule has 2 aromatic heterocycles. The third-order valence-electron chi connectivity index (χ3n) is 6.70. The topological polar surface area (TPSA) is 86.3 Å². The second kappa shape index (κ2) is 7.33. The number of alkyl halides is 2. The van der Waals surface area contributed by atoms with E-state index < -0.39 is 11.7 Å². The Labute approximate surface area is 185 Å². The van der Waals surface area contributed by atoms with Crippen molar-refractivity contribution in [2.75, 3.05) is 42.2 Å². The molecule has 3 aliphatic rings. The monoisotopic (exact) mass is 443 g/mol. The third-order valence-corrected chi connectivity index (χ3v) is 6.70. The molecule has 170 valence electrons. The molecule has 1 unspecified atom stereocenters. The van der Waals surface area contributed by atoms with Crippen molar-refractivity contribution in [1.29, 1.82) is 0 Å². The van der Waals surface area contributed by atoms with E-state index in [0.717, 1.165) is 44.0 Å². The molecule has 2 aliphatic heterocycles. The van der Waals surface area contributed by atoms with Crippen LogP contribution < -0.4 is 15.5 Å². The molecule has 2 fully saturated rings. The number of likely N-dealkylation sites (tertiary alicyclic amines) is 1. The third kappa shape index (κ3) is 3.76. The number of nitrogens with one attached hydrogen (secondary N) is 2. The standard InChI is InChI=1S/C22H27F2N7O/c1-13(32)27-17-8-16-15(11-26-17)22(5-6-22)12-31(16)19-9-18(25-10-14-4-7-30(14)3)28-20(29-19)21(2,23)24/h8-9,11,14H,4-7,10,12H2,1-3H3,(H,25,28,29)(H,26,27,32). The zero-order valence-electron chi connectivity index (χ0n) is 18.5. The fourth-order valence-corrected chi connectivity index (χ4v) is 4.49. The molecule has 1 atom stereocenters. The fraction of sp³-hybridized carbons (Fsp3) is 0.545. The molecule has 0 radical (unpaired) electrons. The zero-order valence-corrected chi connectivity index (χ0v) is 18.5. The molecule has 4 heterocycles. The summed E-state index contributed by atoms with van der Waals surface area (Å²) in [6.07, 6.45) is 4.88. The summed E-state index contributed by atoms with van der Waals surface area (Å²) in [6.45, 7) is 4.56. The normalized spacial score (nSPS) is 21.3. The average Bonchev–Trinajstić information content (AvgIpc) is 3.42. The summed E-state index contributed by atoms with van der Waals surface area (Å²) in [5.41, 5.74) is 1.88. The molecular weight excluding hydrogens is 416 g/mol.